The fourth-order valence-corrected chi connectivity index (χ4v) is 1.16. The first-order valence-corrected chi connectivity index (χ1v) is 5.82. The van der Waals surface area contributed by atoms with Crippen molar-refractivity contribution in [3.63, 3.8) is 0 Å². The summed E-state index contributed by atoms with van der Waals surface area (Å²) in [6, 6.07) is 0. The summed E-state index contributed by atoms with van der Waals surface area (Å²) in [7, 11) is 0. The fourth-order valence-electron chi connectivity index (χ4n) is 1.16. The van der Waals surface area contributed by atoms with Crippen LogP contribution in [0.5, 0.6) is 0 Å². The zero-order chi connectivity index (χ0) is 11.0. The number of hydrogen-bond donors (Lipinski definition) is 1. The third-order valence-corrected chi connectivity index (χ3v) is 2.28. The van der Waals surface area contributed by atoms with Crippen molar-refractivity contribution in [2.75, 3.05) is 19.7 Å². The van der Waals surface area contributed by atoms with Gasteiger partial charge in [0.15, 0.2) is 0 Å². The molecule has 1 atom stereocenters. The van der Waals surface area contributed by atoms with E-state index in [4.69, 9.17) is 4.74 Å². The van der Waals surface area contributed by atoms with E-state index in [1.165, 1.54) is 0 Å². The summed E-state index contributed by atoms with van der Waals surface area (Å²) in [5.74, 6) is 0. The van der Waals surface area contributed by atoms with E-state index in [2.05, 4.69) is 39.9 Å². The highest BCUT2D eigenvalue weighted by Gasteiger charge is 2.11. The third-order valence-electron chi connectivity index (χ3n) is 2.28. The molecule has 0 saturated heterocycles. The molecule has 0 fully saturated rings. The van der Waals surface area contributed by atoms with Crippen LogP contribution in [0.3, 0.4) is 0 Å². The molecule has 1 unspecified atom stereocenters. The summed E-state index contributed by atoms with van der Waals surface area (Å²) in [5, 5.41) is 3.32. The van der Waals surface area contributed by atoms with E-state index in [0.717, 1.165) is 32.5 Å². The average molecular weight is 201 g/mol. The first kappa shape index (κ1) is 13.9. The molecule has 0 rings (SSSR count). The van der Waals surface area contributed by atoms with Gasteiger partial charge in [-0.1, -0.05) is 34.6 Å². The Hall–Kier alpha value is -0.0800. The molecule has 2 nitrogen and oxygen atoms in total. The van der Waals surface area contributed by atoms with Crippen LogP contribution in [0.15, 0.2) is 0 Å². The van der Waals surface area contributed by atoms with Gasteiger partial charge in [-0.25, -0.2) is 0 Å². The van der Waals surface area contributed by atoms with Crippen molar-refractivity contribution >= 4 is 0 Å². The van der Waals surface area contributed by atoms with Crippen molar-refractivity contribution in [3.05, 3.63) is 0 Å². The Bertz CT molecular complexity index is 129. The second-order valence-corrected chi connectivity index (χ2v) is 5.02. The molecule has 0 aliphatic rings. The Balaban J connectivity index is 3.52. The molecule has 2 heteroatoms. The van der Waals surface area contributed by atoms with E-state index in [9.17, 15) is 0 Å². The maximum absolute atomic E-state index is 5.81. The van der Waals surface area contributed by atoms with Crippen LogP contribution in [-0.2, 0) is 4.74 Å². The molecule has 0 amide bonds. The van der Waals surface area contributed by atoms with E-state index in [1.807, 2.05) is 0 Å². The largest absolute Gasteiger partial charge is 0.377 e. The summed E-state index contributed by atoms with van der Waals surface area (Å²) < 4.78 is 5.81. The Morgan fingerprint density at radius 3 is 2.29 bits per heavy atom. The second kappa shape index (κ2) is 7.24. The summed E-state index contributed by atoms with van der Waals surface area (Å²) in [4.78, 5) is 0. The van der Waals surface area contributed by atoms with E-state index in [1.54, 1.807) is 0 Å². The molecule has 0 aromatic rings. The van der Waals surface area contributed by atoms with Gasteiger partial charge in [-0.3, -0.25) is 0 Å². The molecule has 0 aromatic carbocycles. The normalized spacial score (nSPS) is 14.4. The summed E-state index contributed by atoms with van der Waals surface area (Å²) in [6.07, 6.45) is 2.62. The zero-order valence-corrected chi connectivity index (χ0v) is 10.5. The van der Waals surface area contributed by atoms with Crippen molar-refractivity contribution in [1.29, 1.82) is 0 Å². The van der Waals surface area contributed by atoms with Crippen molar-refractivity contribution in [2.45, 2.75) is 53.6 Å². The zero-order valence-electron chi connectivity index (χ0n) is 10.5. The van der Waals surface area contributed by atoms with E-state index >= 15 is 0 Å². The molecular formula is C12H27NO. The summed E-state index contributed by atoms with van der Waals surface area (Å²) in [6.45, 7) is 14.0. The molecule has 0 aliphatic carbocycles. The molecule has 0 heterocycles. The Morgan fingerprint density at radius 1 is 1.21 bits per heavy atom. The quantitative estimate of drug-likeness (QED) is 0.684. The molecule has 0 aliphatic heterocycles. The minimum Gasteiger partial charge on any atom is -0.377 e. The monoisotopic (exact) mass is 201 g/mol. The fraction of sp³-hybridized carbons (Fsp3) is 1.00. The molecule has 0 aromatic heterocycles. The predicted octanol–water partition coefficient (Wildman–Crippen LogP) is 2.83. The van der Waals surface area contributed by atoms with Crippen molar-refractivity contribution < 1.29 is 4.74 Å². The number of nitrogens with one attached hydrogen (secondary N) is 1. The highest BCUT2D eigenvalue weighted by atomic mass is 16.5. The van der Waals surface area contributed by atoms with Crippen LogP contribution in [-0.4, -0.2) is 25.8 Å². The van der Waals surface area contributed by atoms with Gasteiger partial charge in [0.1, 0.15) is 0 Å². The van der Waals surface area contributed by atoms with E-state index < -0.39 is 0 Å². The van der Waals surface area contributed by atoms with E-state index in [-0.39, 0.29) is 0 Å². The lowest BCUT2D eigenvalue weighted by molar-refractivity contribution is 0.0361. The molecule has 0 saturated carbocycles. The minimum atomic E-state index is 0.385. The standard InChI is InChI=1S/C12H27NO/c1-6-11(10-13-7-2)14-9-8-12(3,4)5/h11,13H,6-10H2,1-5H3. The van der Waals surface area contributed by atoms with Crippen LogP contribution in [0.2, 0.25) is 0 Å². The second-order valence-electron chi connectivity index (χ2n) is 5.02. The van der Waals surface area contributed by atoms with Gasteiger partial charge < -0.3 is 10.1 Å². The van der Waals surface area contributed by atoms with Gasteiger partial charge in [-0.15, -0.1) is 0 Å². The van der Waals surface area contributed by atoms with Crippen molar-refractivity contribution in [2.24, 2.45) is 5.41 Å². The average Bonchev–Trinajstić information content (AvgIpc) is 2.09. The van der Waals surface area contributed by atoms with E-state index in [0.29, 0.717) is 11.5 Å². The van der Waals surface area contributed by atoms with Gasteiger partial charge in [-0.05, 0) is 24.8 Å². The first-order valence-electron chi connectivity index (χ1n) is 5.82. The van der Waals surface area contributed by atoms with Gasteiger partial charge in [0, 0.05) is 13.2 Å². The number of likely N-dealkylation sites (N-methyl/N-ethyl adjacent to an activating group) is 1. The van der Waals surface area contributed by atoms with Crippen molar-refractivity contribution in [1.82, 2.24) is 5.32 Å². The lowest BCUT2D eigenvalue weighted by Crippen LogP contribution is -2.29. The van der Waals surface area contributed by atoms with Crippen LogP contribution < -0.4 is 5.32 Å². The van der Waals surface area contributed by atoms with Gasteiger partial charge >= 0.3 is 0 Å². The maximum Gasteiger partial charge on any atom is 0.0696 e. The molecule has 0 spiro atoms. The van der Waals surface area contributed by atoms with Crippen LogP contribution in [0.4, 0.5) is 0 Å². The molecule has 86 valence electrons. The Labute approximate surface area is 89.4 Å². The SMILES string of the molecule is CCNCC(CC)OCCC(C)(C)C. The van der Waals surface area contributed by atoms with Crippen LogP contribution in [0.1, 0.15) is 47.5 Å². The predicted molar refractivity (Wildman–Crippen MR) is 62.6 cm³/mol. The summed E-state index contributed by atoms with van der Waals surface area (Å²) >= 11 is 0. The van der Waals surface area contributed by atoms with Gasteiger partial charge in [0.05, 0.1) is 6.10 Å². The molecular weight excluding hydrogens is 174 g/mol. The Kier molecular flexibility index (Phi) is 7.20. The molecule has 14 heavy (non-hydrogen) atoms. The van der Waals surface area contributed by atoms with Gasteiger partial charge in [0.2, 0.25) is 0 Å². The highest BCUT2D eigenvalue weighted by molar-refractivity contribution is 4.63. The Morgan fingerprint density at radius 2 is 1.86 bits per heavy atom. The molecule has 0 radical (unpaired) electrons. The topological polar surface area (TPSA) is 21.3 Å². The smallest absolute Gasteiger partial charge is 0.0696 e. The van der Waals surface area contributed by atoms with Crippen LogP contribution in [0, 0.1) is 5.41 Å². The molecule has 1 N–H and O–H groups in total. The van der Waals surface area contributed by atoms with Crippen LogP contribution >= 0.6 is 0 Å². The first-order chi connectivity index (χ1) is 6.49. The van der Waals surface area contributed by atoms with Crippen molar-refractivity contribution in [3.8, 4) is 0 Å². The van der Waals surface area contributed by atoms with Gasteiger partial charge in [-0.2, -0.15) is 0 Å². The number of hydrogen-bond acceptors (Lipinski definition) is 2. The van der Waals surface area contributed by atoms with Gasteiger partial charge in [0.25, 0.3) is 0 Å². The highest BCUT2D eigenvalue weighted by Crippen LogP contribution is 2.18. The molecule has 0 bridgehead atoms. The third kappa shape index (κ3) is 8.52. The van der Waals surface area contributed by atoms with Crippen LogP contribution in [0.25, 0.3) is 0 Å². The maximum atomic E-state index is 5.81. The minimum absolute atomic E-state index is 0.385. The lowest BCUT2D eigenvalue weighted by Gasteiger charge is -2.21. The number of ether oxygens (including phenoxy) is 1. The summed E-state index contributed by atoms with van der Waals surface area (Å²) in [5.41, 5.74) is 0.385. The number of rotatable bonds is 7. The lowest BCUT2D eigenvalue weighted by atomic mass is 9.93.